The summed E-state index contributed by atoms with van der Waals surface area (Å²) in [7, 11) is 0. The lowest BCUT2D eigenvalue weighted by Crippen LogP contribution is -2.22. The first-order chi connectivity index (χ1) is 5.64. The van der Waals surface area contributed by atoms with Crippen LogP contribution >= 0.6 is 0 Å². The molecule has 0 saturated heterocycles. The van der Waals surface area contributed by atoms with Gasteiger partial charge in [0.25, 0.3) is 0 Å². The predicted molar refractivity (Wildman–Crippen MR) is 46.0 cm³/mol. The van der Waals surface area contributed by atoms with E-state index in [4.69, 9.17) is 11.1 Å². The molecule has 2 rings (SSSR count). The fourth-order valence-electron chi connectivity index (χ4n) is 1.57. The summed E-state index contributed by atoms with van der Waals surface area (Å²) in [6.07, 6.45) is 4.43. The predicted octanol–water partition coefficient (Wildman–Crippen LogP) is 0.839. The number of nitrogens with zero attached hydrogens (tertiary/aromatic N) is 1. The first-order valence-electron chi connectivity index (χ1n) is 3.97. The van der Waals surface area contributed by atoms with Gasteiger partial charge in [-0.05, 0) is 6.42 Å². The van der Waals surface area contributed by atoms with E-state index >= 15 is 0 Å². The molecule has 12 heavy (non-hydrogen) atoms. The van der Waals surface area contributed by atoms with Crippen LogP contribution in [0.25, 0.3) is 0 Å². The van der Waals surface area contributed by atoms with E-state index in [-0.39, 0.29) is 11.3 Å². The molecule has 4 heteroatoms. The first kappa shape index (κ1) is 7.34. The molecule has 0 bridgehead atoms. The van der Waals surface area contributed by atoms with Crippen molar-refractivity contribution in [3.05, 3.63) is 18.2 Å². The minimum atomic E-state index is -0.119. The second-order valence-corrected chi connectivity index (χ2v) is 3.59. The van der Waals surface area contributed by atoms with Crippen LogP contribution in [0, 0.1) is 10.8 Å². The van der Waals surface area contributed by atoms with Gasteiger partial charge in [-0.1, -0.05) is 6.92 Å². The highest BCUT2D eigenvalue weighted by Gasteiger charge is 2.54. The third-order valence-electron chi connectivity index (χ3n) is 2.75. The van der Waals surface area contributed by atoms with Gasteiger partial charge >= 0.3 is 0 Å². The number of amidine groups is 1. The smallest absolute Gasteiger partial charge is 0.0972 e. The Morgan fingerprint density at radius 3 is 3.08 bits per heavy atom. The molecule has 1 aliphatic rings. The number of imidazole rings is 1. The van der Waals surface area contributed by atoms with Crippen LogP contribution in [-0.4, -0.2) is 15.8 Å². The molecular formula is C8H12N4. The topological polar surface area (TPSA) is 78.6 Å². The zero-order chi connectivity index (χ0) is 8.77. The van der Waals surface area contributed by atoms with Crippen molar-refractivity contribution in [3.63, 3.8) is 0 Å². The van der Waals surface area contributed by atoms with Crippen LogP contribution in [0.3, 0.4) is 0 Å². The summed E-state index contributed by atoms with van der Waals surface area (Å²) in [5.41, 5.74) is 6.45. The number of nitrogens with one attached hydrogen (secondary N) is 2. The molecule has 1 heterocycles. The number of hydrogen-bond donors (Lipinski definition) is 3. The third-order valence-corrected chi connectivity index (χ3v) is 2.75. The third kappa shape index (κ3) is 0.841. The molecule has 4 N–H and O–H groups in total. The average molecular weight is 164 g/mol. The maximum absolute atomic E-state index is 7.38. The molecule has 0 aliphatic heterocycles. The minimum Gasteiger partial charge on any atom is -0.387 e. The van der Waals surface area contributed by atoms with E-state index in [2.05, 4.69) is 9.97 Å². The molecule has 1 saturated carbocycles. The number of nitrogens with two attached hydrogens (primary N) is 1. The van der Waals surface area contributed by atoms with E-state index in [9.17, 15) is 0 Å². The Kier molecular flexibility index (Phi) is 1.28. The van der Waals surface area contributed by atoms with Gasteiger partial charge in [0.1, 0.15) is 0 Å². The van der Waals surface area contributed by atoms with Crippen molar-refractivity contribution in [2.45, 2.75) is 19.3 Å². The maximum atomic E-state index is 7.38. The molecule has 1 aliphatic carbocycles. The molecule has 1 fully saturated rings. The second kappa shape index (κ2) is 2.09. The van der Waals surface area contributed by atoms with Gasteiger partial charge in [-0.15, -0.1) is 0 Å². The first-order valence-corrected chi connectivity index (χ1v) is 3.97. The van der Waals surface area contributed by atoms with Gasteiger partial charge in [0.15, 0.2) is 0 Å². The highest BCUT2D eigenvalue weighted by atomic mass is 14.9. The lowest BCUT2D eigenvalue weighted by Gasteiger charge is -2.06. The Hall–Kier alpha value is -1.32. The van der Waals surface area contributed by atoms with Crippen molar-refractivity contribution < 1.29 is 0 Å². The fraction of sp³-hybridized carbons (Fsp3) is 0.500. The zero-order valence-corrected chi connectivity index (χ0v) is 6.96. The Morgan fingerprint density at radius 1 is 1.92 bits per heavy atom. The molecule has 1 aromatic rings. The summed E-state index contributed by atoms with van der Waals surface area (Å²) in [6, 6.07) is 0. The lowest BCUT2D eigenvalue weighted by atomic mass is 10.0. The summed E-state index contributed by atoms with van der Waals surface area (Å²) < 4.78 is 0. The van der Waals surface area contributed by atoms with E-state index in [0.29, 0.717) is 5.92 Å². The van der Waals surface area contributed by atoms with Gasteiger partial charge in [-0.2, -0.15) is 0 Å². The van der Waals surface area contributed by atoms with Crippen molar-refractivity contribution in [2.75, 3.05) is 0 Å². The zero-order valence-electron chi connectivity index (χ0n) is 6.96. The molecule has 0 amide bonds. The fourth-order valence-corrected chi connectivity index (χ4v) is 1.57. The van der Waals surface area contributed by atoms with E-state index in [0.717, 1.165) is 12.1 Å². The molecule has 0 unspecified atom stereocenters. The number of H-pyrrole nitrogens is 1. The number of hydrogen-bond acceptors (Lipinski definition) is 2. The summed E-state index contributed by atoms with van der Waals surface area (Å²) in [4.78, 5) is 6.99. The lowest BCUT2D eigenvalue weighted by molar-refractivity contribution is 0.737. The van der Waals surface area contributed by atoms with E-state index < -0.39 is 0 Å². The summed E-state index contributed by atoms with van der Waals surface area (Å²) in [5.74, 6) is 0.652. The Balaban J connectivity index is 2.19. The Bertz CT molecular complexity index is 303. The van der Waals surface area contributed by atoms with Crippen LogP contribution in [-0.2, 0) is 0 Å². The summed E-state index contributed by atoms with van der Waals surface area (Å²) in [5, 5.41) is 7.38. The quantitative estimate of drug-likeness (QED) is 0.447. The monoisotopic (exact) mass is 164 g/mol. The molecule has 2 atom stereocenters. The van der Waals surface area contributed by atoms with Crippen LogP contribution in [0.2, 0.25) is 0 Å². The minimum absolute atomic E-state index is 0.119. The van der Waals surface area contributed by atoms with Crippen LogP contribution in [0.5, 0.6) is 0 Å². The molecule has 0 radical (unpaired) electrons. The van der Waals surface area contributed by atoms with Crippen molar-refractivity contribution in [1.82, 2.24) is 9.97 Å². The van der Waals surface area contributed by atoms with Crippen molar-refractivity contribution in [2.24, 2.45) is 11.1 Å². The Labute approximate surface area is 70.7 Å². The molecule has 1 aromatic heterocycles. The van der Waals surface area contributed by atoms with Gasteiger partial charge in [0.05, 0.1) is 12.2 Å². The highest BCUT2D eigenvalue weighted by Crippen LogP contribution is 2.58. The van der Waals surface area contributed by atoms with Crippen LogP contribution in [0.4, 0.5) is 0 Å². The molecule has 0 aromatic carbocycles. The number of aromatic amines is 1. The van der Waals surface area contributed by atoms with Crippen molar-refractivity contribution >= 4 is 5.84 Å². The normalized spacial score (nSPS) is 33.2. The second-order valence-electron chi connectivity index (χ2n) is 3.59. The number of aromatic nitrogens is 2. The molecule has 64 valence electrons. The van der Waals surface area contributed by atoms with Gasteiger partial charge in [-0.3, -0.25) is 5.41 Å². The van der Waals surface area contributed by atoms with Crippen LogP contribution in [0.1, 0.15) is 25.0 Å². The van der Waals surface area contributed by atoms with Gasteiger partial charge in [-0.25, -0.2) is 4.98 Å². The van der Waals surface area contributed by atoms with E-state index in [1.807, 2.05) is 6.92 Å². The summed E-state index contributed by atoms with van der Waals surface area (Å²) in [6.45, 7) is 2.01. The average Bonchev–Trinajstić information content (AvgIpc) is 2.49. The molecule has 0 spiro atoms. The van der Waals surface area contributed by atoms with Gasteiger partial charge in [0, 0.05) is 23.2 Å². The van der Waals surface area contributed by atoms with Crippen LogP contribution in [0.15, 0.2) is 12.5 Å². The maximum Gasteiger partial charge on any atom is 0.0972 e. The highest BCUT2D eigenvalue weighted by molar-refractivity contribution is 5.87. The number of rotatable bonds is 2. The van der Waals surface area contributed by atoms with Crippen molar-refractivity contribution in [1.29, 1.82) is 5.41 Å². The SMILES string of the molecule is C[C@@]1(C(=N)N)C[C@H]1c1cnc[nH]1. The van der Waals surface area contributed by atoms with Crippen LogP contribution < -0.4 is 5.73 Å². The molecular weight excluding hydrogens is 152 g/mol. The van der Waals surface area contributed by atoms with E-state index in [1.54, 1.807) is 12.5 Å². The largest absolute Gasteiger partial charge is 0.387 e. The molecule has 4 nitrogen and oxygen atoms in total. The van der Waals surface area contributed by atoms with E-state index in [1.165, 1.54) is 0 Å². The van der Waals surface area contributed by atoms with Gasteiger partial charge in [0.2, 0.25) is 0 Å². The van der Waals surface area contributed by atoms with Crippen molar-refractivity contribution in [3.8, 4) is 0 Å². The summed E-state index contributed by atoms with van der Waals surface area (Å²) >= 11 is 0. The Morgan fingerprint density at radius 2 is 2.67 bits per heavy atom. The standard InChI is InChI=1S/C8H12N4/c1-8(7(9)10)2-5(8)6-3-11-4-12-6/h3-5H,2H2,1H3,(H3,9,10)(H,11,12)/t5-,8+/m0/s1. The van der Waals surface area contributed by atoms with Gasteiger partial charge < -0.3 is 10.7 Å².